The Hall–Kier alpha value is -0.870. The molecule has 2 saturated heterocycles. The fourth-order valence-electron chi connectivity index (χ4n) is 2.94. The third-order valence-electron chi connectivity index (χ3n) is 3.84. The van der Waals surface area contributed by atoms with Gasteiger partial charge in [0.05, 0.1) is 12.7 Å². The molecule has 0 aliphatic carbocycles. The van der Waals surface area contributed by atoms with Gasteiger partial charge < -0.3 is 9.84 Å². The minimum absolute atomic E-state index is 0.472. The van der Waals surface area contributed by atoms with Gasteiger partial charge in [0.2, 0.25) is 0 Å². The molecule has 2 unspecified atom stereocenters. The Morgan fingerprint density at radius 2 is 2.67 bits per heavy atom. The van der Waals surface area contributed by atoms with E-state index in [0.29, 0.717) is 5.41 Å². The lowest BCUT2D eigenvalue weighted by atomic mass is 9.83. The molecule has 0 saturated carbocycles. The van der Waals surface area contributed by atoms with Crippen LogP contribution in [0.5, 0.6) is 0 Å². The molecule has 2 atom stereocenters. The molecule has 1 N–H and O–H groups in total. The Bertz CT molecular complexity index is 338. The average Bonchev–Trinajstić information content (AvgIpc) is 2.81. The SMILES string of the molecule is CC12CNCC1CN(Cc1ccno1)C2. The Labute approximate surface area is 89.6 Å². The standard InChI is InChI=1S/C11H17N3O/c1-11-7-12-4-9(11)5-14(8-11)6-10-2-3-13-15-10/h2-3,9,12H,4-8H2,1H3. The number of nitrogens with zero attached hydrogens (tertiary/aromatic N) is 2. The number of aromatic nitrogens is 1. The van der Waals surface area contributed by atoms with E-state index in [1.54, 1.807) is 6.20 Å². The van der Waals surface area contributed by atoms with E-state index >= 15 is 0 Å². The number of hydrogen-bond acceptors (Lipinski definition) is 4. The topological polar surface area (TPSA) is 41.3 Å². The van der Waals surface area contributed by atoms with Crippen molar-refractivity contribution >= 4 is 0 Å². The summed E-state index contributed by atoms with van der Waals surface area (Å²) in [4.78, 5) is 2.48. The van der Waals surface area contributed by atoms with Crippen LogP contribution in [0.3, 0.4) is 0 Å². The van der Waals surface area contributed by atoms with Crippen molar-refractivity contribution in [3.05, 3.63) is 18.0 Å². The van der Waals surface area contributed by atoms with E-state index in [1.807, 2.05) is 6.07 Å². The molecule has 3 heterocycles. The van der Waals surface area contributed by atoms with Crippen LogP contribution in [0.15, 0.2) is 16.8 Å². The van der Waals surface area contributed by atoms with E-state index in [2.05, 4.69) is 22.3 Å². The molecule has 4 nitrogen and oxygen atoms in total. The highest BCUT2D eigenvalue weighted by Crippen LogP contribution is 2.38. The fraction of sp³-hybridized carbons (Fsp3) is 0.727. The molecule has 0 aromatic carbocycles. The zero-order valence-electron chi connectivity index (χ0n) is 9.07. The molecule has 0 spiro atoms. The first kappa shape index (κ1) is 9.36. The molecule has 0 amide bonds. The van der Waals surface area contributed by atoms with E-state index in [4.69, 9.17) is 4.52 Å². The second-order valence-corrected chi connectivity index (χ2v) is 5.13. The summed E-state index contributed by atoms with van der Waals surface area (Å²) in [6.07, 6.45) is 1.72. The van der Waals surface area contributed by atoms with Crippen molar-refractivity contribution < 1.29 is 4.52 Å². The molecule has 2 aliphatic heterocycles. The maximum absolute atomic E-state index is 5.14. The van der Waals surface area contributed by atoms with Crippen molar-refractivity contribution in [3.63, 3.8) is 0 Å². The molecule has 3 rings (SSSR count). The molecular weight excluding hydrogens is 190 g/mol. The second kappa shape index (κ2) is 3.32. The van der Waals surface area contributed by atoms with E-state index in [0.717, 1.165) is 24.8 Å². The predicted octanol–water partition coefficient (Wildman–Crippen LogP) is 0.716. The zero-order chi connectivity index (χ0) is 10.3. The van der Waals surface area contributed by atoms with Crippen molar-refractivity contribution in [2.24, 2.45) is 11.3 Å². The summed E-state index contributed by atoms with van der Waals surface area (Å²) in [6.45, 7) is 7.98. The molecular formula is C11H17N3O. The van der Waals surface area contributed by atoms with Gasteiger partial charge >= 0.3 is 0 Å². The first-order valence-electron chi connectivity index (χ1n) is 5.59. The number of hydrogen-bond donors (Lipinski definition) is 1. The lowest BCUT2D eigenvalue weighted by molar-refractivity contribution is 0.242. The Balaban J connectivity index is 1.67. The monoisotopic (exact) mass is 207 g/mol. The highest BCUT2D eigenvalue weighted by Gasteiger charge is 2.45. The molecule has 82 valence electrons. The Morgan fingerprint density at radius 1 is 1.73 bits per heavy atom. The minimum Gasteiger partial charge on any atom is -0.360 e. The van der Waals surface area contributed by atoms with Crippen LogP contribution in [-0.2, 0) is 6.54 Å². The Kier molecular flexibility index (Phi) is 2.07. The van der Waals surface area contributed by atoms with E-state index < -0.39 is 0 Å². The van der Waals surface area contributed by atoms with Crippen LogP contribution >= 0.6 is 0 Å². The van der Waals surface area contributed by atoms with Crippen LogP contribution in [0, 0.1) is 11.3 Å². The highest BCUT2D eigenvalue weighted by atomic mass is 16.5. The van der Waals surface area contributed by atoms with Gasteiger partial charge in [-0.2, -0.15) is 0 Å². The van der Waals surface area contributed by atoms with Gasteiger partial charge in [-0.3, -0.25) is 4.90 Å². The molecule has 2 aliphatic rings. The molecule has 1 aromatic heterocycles. The Morgan fingerprint density at radius 3 is 3.40 bits per heavy atom. The third-order valence-corrected chi connectivity index (χ3v) is 3.84. The lowest BCUT2D eigenvalue weighted by Crippen LogP contribution is -2.29. The van der Waals surface area contributed by atoms with Crippen molar-refractivity contribution in [2.75, 3.05) is 26.2 Å². The van der Waals surface area contributed by atoms with Gasteiger partial charge in [-0.05, 0) is 17.9 Å². The highest BCUT2D eigenvalue weighted by molar-refractivity contribution is 5.02. The number of fused-ring (bicyclic) bond motifs is 1. The summed E-state index contributed by atoms with van der Waals surface area (Å²) in [5.41, 5.74) is 0.472. The van der Waals surface area contributed by atoms with Gasteiger partial charge in [0.25, 0.3) is 0 Å². The molecule has 0 radical (unpaired) electrons. The van der Waals surface area contributed by atoms with Gasteiger partial charge in [0.15, 0.2) is 5.76 Å². The lowest BCUT2D eigenvalue weighted by Gasteiger charge is -2.21. The van der Waals surface area contributed by atoms with Crippen LogP contribution in [-0.4, -0.2) is 36.2 Å². The van der Waals surface area contributed by atoms with Crippen molar-refractivity contribution in [3.8, 4) is 0 Å². The summed E-state index contributed by atoms with van der Waals surface area (Å²) in [5, 5.41) is 7.22. The summed E-state index contributed by atoms with van der Waals surface area (Å²) in [7, 11) is 0. The second-order valence-electron chi connectivity index (χ2n) is 5.13. The molecule has 4 heteroatoms. The summed E-state index contributed by atoms with van der Waals surface area (Å²) in [6, 6.07) is 1.95. The summed E-state index contributed by atoms with van der Waals surface area (Å²) >= 11 is 0. The summed E-state index contributed by atoms with van der Waals surface area (Å²) in [5.74, 6) is 1.78. The van der Waals surface area contributed by atoms with E-state index in [9.17, 15) is 0 Å². The van der Waals surface area contributed by atoms with E-state index in [-0.39, 0.29) is 0 Å². The number of rotatable bonds is 2. The minimum atomic E-state index is 0.472. The maximum atomic E-state index is 5.14. The van der Waals surface area contributed by atoms with Crippen LogP contribution in [0.1, 0.15) is 12.7 Å². The molecule has 15 heavy (non-hydrogen) atoms. The molecule has 0 bridgehead atoms. The average molecular weight is 207 g/mol. The van der Waals surface area contributed by atoms with E-state index in [1.165, 1.54) is 19.6 Å². The third kappa shape index (κ3) is 1.58. The first-order chi connectivity index (χ1) is 7.26. The van der Waals surface area contributed by atoms with Gasteiger partial charge in [-0.1, -0.05) is 12.1 Å². The fourth-order valence-corrected chi connectivity index (χ4v) is 2.94. The van der Waals surface area contributed by atoms with Crippen molar-refractivity contribution in [1.29, 1.82) is 0 Å². The van der Waals surface area contributed by atoms with Gasteiger partial charge in [-0.15, -0.1) is 0 Å². The predicted molar refractivity (Wildman–Crippen MR) is 56.2 cm³/mol. The smallest absolute Gasteiger partial charge is 0.150 e. The van der Waals surface area contributed by atoms with Crippen molar-refractivity contribution in [1.82, 2.24) is 15.4 Å². The largest absolute Gasteiger partial charge is 0.360 e. The maximum Gasteiger partial charge on any atom is 0.150 e. The number of nitrogens with one attached hydrogen (secondary N) is 1. The van der Waals surface area contributed by atoms with Crippen LogP contribution in [0.25, 0.3) is 0 Å². The number of likely N-dealkylation sites (tertiary alicyclic amines) is 1. The van der Waals surface area contributed by atoms with Crippen LogP contribution < -0.4 is 5.32 Å². The van der Waals surface area contributed by atoms with Gasteiger partial charge in [-0.25, -0.2) is 0 Å². The molecule has 2 fully saturated rings. The zero-order valence-corrected chi connectivity index (χ0v) is 9.07. The van der Waals surface area contributed by atoms with Crippen molar-refractivity contribution in [2.45, 2.75) is 13.5 Å². The van der Waals surface area contributed by atoms with Gasteiger partial charge in [0.1, 0.15) is 0 Å². The van der Waals surface area contributed by atoms with Gasteiger partial charge in [0, 0.05) is 25.7 Å². The quantitative estimate of drug-likeness (QED) is 0.775. The van der Waals surface area contributed by atoms with Crippen LogP contribution in [0.4, 0.5) is 0 Å². The molecule has 1 aromatic rings. The van der Waals surface area contributed by atoms with Crippen LogP contribution in [0.2, 0.25) is 0 Å². The summed E-state index contributed by atoms with van der Waals surface area (Å²) < 4.78 is 5.14. The normalized spacial score (nSPS) is 35.9. The first-order valence-corrected chi connectivity index (χ1v) is 5.59.